The Balaban J connectivity index is 1.45. The second-order valence-corrected chi connectivity index (χ2v) is 8.33. The van der Waals surface area contributed by atoms with Gasteiger partial charge in [0.2, 0.25) is 0 Å². The summed E-state index contributed by atoms with van der Waals surface area (Å²) >= 11 is 5.29. The smallest absolute Gasteiger partial charge is 0.191 e. The molecule has 0 bridgehead atoms. The summed E-state index contributed by atoms with van der Waals surface area (Å²) in [6.45, 7) is 6.15. The Hall–Kier alpha value is -1.53. The maximum absolute atomic E-state index is 4.35. The predicted molar refractivity (Wildman–Crippen MR) is 112 cm³/mol. The van der Waals surface area contributed by atoms with E-state index in [-0.39, 0.29) is 0 Å². The van der Waals surface area contributed by atoms with Crippen LogP contribution in [0.3, 0.4) is 0 Å². The van der Waals surface area contributed by atoms with Crippen LogP contribution in [0.1, 0.15) is 16.9 Å². The Bertz CT molecular complexity index is 710. The SMILES string of the molecule is CN=C(NCc1sccc1C)NCC1CCN(c2ccc(Br)cc2)C1. The van der Waals surface area contributed by atoms with Crippen molar-refractivity contribution in [2.45, 2.75) is 19.9 Å². The lowest BCUT2D eigenvalue weighted by atomic mass is 10.1. The van der Waals surface area contributed by atoms with Gasteiger partial charge in [-0.1, -0.05) is 15.9 Å². The van der Waals surface area contributed by atoms with Crippen LogP contribution in [0.25, 0.3) is 0 Å². The van der Waals surface area contributed by atoms with Gasteiger partial charge in [-0.05, 0) is 60.5 Å². The average molecular weight is 421 g/mol. The molecule has 1 aromatic heterocycles. The van der Waals surface area contributed by atoms with Crippen LogP contribution in [-0.2, 0) is 6.54 Å². The number of guanidine groups is 1. The number of aliphatic imine (C=N–C) groups is 1. The van der Waals surface area contributed by atoms with Gasteiger partial charge in [0, 0.05) is 41.7 Å². The maximum atomic E-state index is 4.35. The van der Waals surface area contributed by atoms with Crippen molar-refractivity contribution in [2.75, 3.05) is 31.6 Å². The Kier molecular flexibility index (Phi) is 6.37. The second-order valence-electron chi connectivity index (χ2n) is 6.41. The van der Waals surface area contributed by atoms with Crippen molar-refractivity contribution < 1.29 is 0 Å². The molecule has 2 heterocycles. The van der Waals surface area contributed by atoms with E-state index in [0.29, 0.717) is 5.92 Å². The summed E-state index contributed by atoms with van der Waals surface area (Å²) in [5, 5.41) is 9.04. The second kappa shape index (κ2) is 8.72. The maximum Gasteiger partial charge on any atom is 0.191 e. The highest BCUT2D eigenvalue weighted by molar-refractivity contribution is 9.10. The number of hydrogen-bond donors (Lipinski definition) is 2. The van der Waals surface area contributed by atoms with Crippen molar-refractivity contribution in [3.05, 3.63) is 50.6 Å². The first-order valence-corrected chi connectivity index (χ1v) is 10.3. The topological polar surface area (TPSA) is 39.7 Å². The van der Waals surface area contributed by atoms with E-state index in [0.717, 1.165) is 36.6 Å². The van der Waals surface area contributed by atoms with E-state index in [1.54, 1.807) is 11.3 Å². The zero-order chi connectivity index (χ0) is 17.6. The van der Waals surface area contributed by atoms with Crippen LogP contribution >= 0.6 is 27.3 Å². The predicted octanol–water partition coefficient (Wildman–Crippen LogP) is 4.01. The lowest BCUT2D eigenvalue weighted by Gasteiger charge is -2.19. The zero-order valence-corrected chi connectivity index (χ0v) is 17.2. The molecule has 4 nitrogen and oxygen atoms in total. The van der Waals surface area contributed by atoms with E-state index in [1.165, 1.54) is 22.5 Å². The molecule has 0 amide bonds. The first-order chi connectivity index (χ1) is 12.2. The first-order valence-electron chi connectivity index (χ1n) is 8.63. The summed E-state index contributed by atoms with van der Waals surface area (Å²) in [5.74, 6) is 1.53. The molecule has 2 N–H and O–H groups in total. The number of nitrogens with zero attached hydrogens (tertiary/aromatic N) is 2. The molecule has 6 heteroatoms. The number of thiophene rings is 1. The minimum Gasteiger partial charge on any atom is -0.371 e. The molecule has 1 unspecified atom stereocenters. The number of anilines is 1. The fourth-order valence-corrected chi connectivity index (χ4v) is 4.21. The molecule has 1 atom stereocenters. The highest BCUT2D eigenvalue weighted by atomic mass is 79.9. The lowest BCUT2D eigenvalue weighted by molar-refractivity contribution is 0.566. The quantitative estimate of drug-likeness (QED) is 0.566. The van der Waals surface area contributed by atoms with Crippen LogP contribution < -0.4 is 15.5 Å². The molecule has 134 valence electrons. The van der Waals surface area contributed by atoms with Crippen LogP contribution in [0.15, 0.2) is 45.2 Å². The minimum absolute atomic E-state index is 0.644. The van der Waals surface area contributed by atoms with Gasteiger partial charge < -0.3 is 15.5 Å². The van der Waals surface area contributed by atoms with Crippen molar-refractivity contribution in [3.8, 4) is 0 Å². The molecule has 25 heavy (non-hydrogen) atoms. The van der Waals surface area contributed by atoms with Gasteiger partial charge in [-0.3, -0.25) is 4.99 Å². The third-order valence-corrected chi connectivity index (χ3v) is 6.20. The summed E-state index contributed by atoms with van der Waals surface area (Å²) in [5.41, 5.74) is 2.65. The largest absolute Gasteiger partial charge is 0.371 e. The molecule has 1 fully saturated rings. The van der Waals surface area contributed by atoms with Crippen molar-refractivity contribution in [3.63, 3.8) is 0 Å². The van der Waals surface area contributed by atoms with Crippen LogP contribution in [0, 0.1) is 12.8 Å². The number of hydrogen-bond acceptors (Lipinski definition) is 3. The fourth-order valence-electron chi connectivity index (χ4n) is 3.10. The van der Waals surface area contributed by atoms with E-state index in [1.807, 2.05) is 7.05 Å². The van der Waals surface area contributed by atoms with Gasteiger partial charge in [0.25, 0.3) is 0 Å². The molecule has 1 aliphatic heterocycles. The number of benzene rings is 1. The van der Waals surface area contributed by atoms with E-state index in [2.05, 4.69) is 79.1 Å². The van der Waals surface area contributed by atoms with E-state index in [4.69, 9.17) is 0 Å². The van der Waals surface area contributed by atoms with Gasteiger partial charge in [-0.15, -0.1) is 11.3 Å². The standard InChI is InChI=1S/C19H25BrN4S/c1-14-8-10-25-18(14)12-23-19(21-2)22-11-15-7-9-24(13-15)17-5-3-16(20)4-6-17/h3-6,8,10,15H,7,9,11-13H2,1-2H3,(H2,21,22,23). The summed E-state index contributed by atoms with van der Waals surface area (Å²) in [6.07, 6.45) is 1.21. The molecule has 1 saturated heterocycles. The molecule has 3 rings (SSSR count). The van der Waals surface area contributed by atoms with Gasteiger partial charge in [0.1, 0.15) is 0 Å². The summed E-state index contributed by atoms with van der Waals surface area (Å²) in [4.78, 5) is 8.17. The molecular formula is C19H25BrN4S. The normalized spacial score (nSPS) is 17.8. The van der Waals surface area contributed by atoms with Crippen molar-refractivity contribution in [2.24, 2.45) is 10.9 Å². The molecule has 0 radical (unpaired) electrons. The monoisotopic (exact) mass is 420 g/mol. The number of halogens is 1. The minimum atomic E-state index is 0.644. The number of aryl methyl sites for hydroxylation is 1. The fraction of sp³-hybridized carbons (Fsp3) is 0.421. The van der Waals surface area contributed by atoms with Gasteiger partial charge in [0.05, 0.1) is 6.54 Å². The van der Waals surface area contributed by atoms with E-state index in [9.17, 15) is 0 Å². The molecule has 0 spiro atoms. The zero-order valence-electron chi connectivity index (χ0n) is 14.8. The third kappa shape index (κ3) is 4.98. The first kappa shape index (κ1) is 18.3. The molecule has 1 aromatic carbocycles. The van der Waals surface area contributed by atoms with Crippen LogP contribution in [-0.4, -0.2) is 32.6 Å². The van der Waals surface area contributed by atoms with E-state index < -0.39 is 0 Å². The third-order valence-electron chi connectivity index (χ3n) is 4.64. The Labute approximate surface area is 162 Å². The molecule has 0 saturated carbocycles. The molecular weight excluding hydrogens is 396 g/mol. The number of rotatable bonds is 5. The van der Waals surface area contributed by atoms with Crippen molar-refractivity contribution >= 4 is 38.9 Å². The van der Waals surface area contributed by atoms with Gasteiger partial charge in [-0.2, -0.15) is 0 Å². The van der Waals surface area contributed by atoms with E-state index >= 15 is 0 Å². The van der Waals surface area contributed by atoms with Crippen LogP contribution in [0.4, 0.5) is 5.69 Å². The summed E-state index contributed by atoms with van der Waals surface area (Å²) in [6, 6.07) is 10.7. The van der Waals surface area contributed by atoms with Gasteiger partial charge >= 0.3 is 0 Å². The highest BCUT2D eigenvalue weighted by Gasteiger charge is 2.22. The Morgan fingerprint density at radius 2 is 2.08 bits per heavy atom. The average Bonchev–Trinajstić information content (AvgIpc) is 3.25. The highest BCUT2D eigenvalue weighted by Crippen LogP contribution is 2.25. The van der Waals surface area contributed by atoms with Crippen LogP contribution in [0.5, 0.6) is 0 Å². The molecule has 2 aromatic rings. The van der Waals surface area contributed by atoms with Crippen molar-refractivity contribution in [1.82, 2.24) is 10.6 Å². The Morgan fingerprint density at radius 3 is 2.76 bits per heavy atom. The van der Waals surface area contributed by atoms with Crippen LogP contribution in [0.2, 0.25) is 0 Å². The summed E-state index contributed by atoms with van der Waals surface area (Å²) < 4.78 is 1.13. The molecule has 1 aliphatic rings. The van der Waals surface area contributed by atoms with Crippen molar-refractivity contribution in [1.29, 1.82) is 0 Å². The summed E-state index contributed by atoms with van der Waals surface area (Å²) in [7, 11) is 1.83. The van der Waals surface area contributed by atoms with Gasteiger partial charge in [0.15, 0.2) is 5.96 Å². The molecule has 0 aliphatic carbocycles. The Morgan fingerprint density at radius 1 is 1.28 bits per heavy atom. The number of nitrogens with one attached hydrogen (secondary N) is 2. The van der Waals surface area contributed by atoms with Gasteiger partial charge in [-0.25, -0.2) is 0 Å². The lowest BCUT2D eigenvalue weighted by Crippen LogP contribution is -2.39.